The Labute approximate surface area is 136 Å². The van der Waals surface area contributed by atoms with Gasteiger partial charge in [-0.15, -0.1) is 0 Å². The van der Waals surface area contributed by atoms with Crippen molar-refractivity contribution in [1.82, 2.24) is 4.31 Å². The van der Waals surface area contributed by atoms with E-state index in [1.807, 2.05) is 19.9 Å². The maximum atomic E-state index is 12.2. The van der Waals surface area contributed by atoms with Gasteiger partial charge in [0.25, 0.3) is 0 Å². The molecule has 23 heavy (non-hydrogen) atoms. The normalized spacial score (nSPS) is 20.5. The zero-order valence-corrected chi connectivity index (χ0v) is 14.5. The van der Waals surface area contributed by atoms with Crippen LogP contribution >= 0.6 is 0 Å². The fourth-order valence-corrected chi connectivity index (χ4v) is 3.07. The van der Waals surface area contributed by atoms with Gasteiger partial charge in [-0.3, -0.25) is 9.35 Å². The largest absolute Gasteiger partial charge is 0.464 e. The highest BCUT2D eigenvalue weighted by atomic mass is 32.2. The highest BCUT2D eigenvalue weighted by Crippen LogP contribution is 2.44. The minimum Gasteiger partial charge on any atom is -0.464 e. The van der Waals surface area contributed by atoms with Crippen molar-refractivity contribution in [3.05, 3.63) is 29.3 Å². The summed E-state index contributed by atoms with van der Waals surface area (Å²) in [5.74, 6) is -0.773. The summed E-state index contributed by atoms with van der Waals surface area (Å²) in [6.07, 6.45) is -0.431. The number of nitrogens with zero attached hydrogens (tertiary/aromatic N) is 1. The fraction of sp³-hybridized carbons (Fsp3) is 0.533. The van der Waals surface area contributed by atoms with Crippen molar-refractivity contribution in [2.75, 3.05) is 14.2 Å². The van der Waals surface area contributed by atoms with Crippen molar-refractivity contribution in [3.8, 4) is 5.75 Å². The standard InChI is InChI=1S/C15H21NO6S/c1-9(13(17)16(4)23(18,19)20)10-6-7-12-11(8-10)15(2,3)14(21-5)22-12/h6-9,14H,1-5H3,(H,18,19,20). The van der Waals surface area contributed by atoms with E-state index in [2.05, 4.69) is 0 Å². The third kappa shape index (κ3) is 3.06. The molecule has 0 bridgehead atoms. The number of amides is 1. The first-order valence-electron chi connectivity index (χ1n) is 7.09. The van der Waals surface area contributed by atoms with Gasteiger partial charge in [0.05, 0.1) is 11.3 Å². The van der Waals surface area contributed by atoms with Gasteiger partial charge in [-0.25, -0.2) is 4.31 Å². The second kappa shape index (κ2) is 5.77. The Morgan fingerprint density at radius 2 is 2.04 bits per heavy atom. The van der Waals surface area contributed by atoms with Crippen molar-refractivity contribution in [1.29, 1.82) is 0 Å². The second-order valence-electron chi connectivity index (χ2n) is 6.17. The number of carbonyl (C=O) groups excluding carboxylic acids is 1. The first kappa shape index (κ1) is 17.7. The molecule has 1 aliphatic rings. The highest BCUT2D eigenvalue weighted by Gasteiger charge is 2.42. The summed E-state index contributed by atoms with van der Waals surface area (Å²) in [5, 5.41) is 0. The van der Waals surface area contributed by atoms with Gasteiger partial charge in [0.1, 0.15) is 5.75 Å². The van der Waals surface area contributed by atoms with Crippen LogP contribution in [-0.4, -0.2) is 43.6 Å². The third-order valence-corrected chi connectivity index (χ3v) is 5.13. The molecule has 0 radical (unpaired) electrons. The predicted molar refractivity (Wildman–Crippen MR) is 83.6 cm³/mol. The molecule has 1 aliphatic heterocycles. The van der Waals surface area contributed by atoms with Crippen molar-refractivity contribution < 1.29 is 27.2 Å². The van der Waals surface area contributed by atoms with Crippen molar-refractivity contribution >= 4 is 16.2 Å². The van der Waals surface area contributed by atoms with Crippen molar-refractivity contribution in [2.45, 2.75) is 38.4 Å². The molecule has 0 saturated carbocycles. The topological polar surface area (TPSA) is 93.1 Å². The zero-order chi connectivity index (χ0) is 17.6. The lowest BCUT2D eigenvalue weighted by atomic mass is 9.83. The number of methoxy groups -OCH3 is 1. The molecule has 1 amide bonds. The summed E-state index contributed by atoms with van der Waals surface area (Å²) in [5.41, 5.74) is 1.12. The van der Waals surface area contributed by atoms with E-state index in [1.165, 1.54) is 0 Å². The molecule has 0 saturated heterocycles. The molecule has 7 nitrogen and oxygen atoms in total. The first-order valence-corrected chi connectivity index (χ1v) is 8.49. The molecule has 1 aromatic rings. The lowest BCUT2D eigenvalue weighted by Gasteiger charge is -2.24. The van der Waals surface area contributed by atoms with E-state index in [1.54, 1.807) is 26.2 Å². The zero-order valence-electron chi connectivity index (χ0n) is 13.7. The molecule has 0 aliphatic carbocycles. The molecule has 2 atom stereocenters. The average Bonchev–Trinajstić information content (AvgIpc) is 2.74. The minimum atomic E-state index is -4.56. The summed E-state index contributed by atoms with van der Waals surface area (Å²) < 4.78 is 42.6. The summed E-state index contributed by atoms with van der Waals surface area (Å²) in [6.45, 7) is 5.52. The summed E-state index contributed by atoms with van der Waals surface area (Å²) in [7, 11) is -1.98. The van der Waals surface area contributed by atoms with Gasteiger partial charge in [-0.2, -0.15) is 8.42 Å². The van der Waals surface area contributed by atoms with Crippen molar-refractivity contribution in [3.63, 3.8) is 0 Å². The van der Waals surface area contributed by atoms with Gasteiger partial charge in [0.2, 0.25) is 12.2 Å². The molecule has 2 unspecified atom stereocenters. The van der Waals surface area contributed by atoms with Crippen LogP contribution in [0.4, 0.5) is 0 Å². The van der Waals surface area contributed by atoms with Gasteiger partial charge in [0, 0.05) is 19.7 Å². The number of rotatable bonds is 4. The molecular formula is C15H21NO6S. The average molecular weight is 343 g/mol. The van der Waals surface area contributed by atoms with Crippen LogP contribution in [0.3, 0.4) is 0 Å². The Bertz CT molecular complexity index is 727. The Morgan fingerprint density at radius 1 is 1.43 bits per heavy atom. The maximum Gasteiger partial charge on any atom is 0.361 e. The van der Waals surface area contributed by atoms with Gasteiger partial charge < -0.3 is 9.47 Å². The van der Waals surface area contributed by atoms with Crippen LogP contribution in [0.25, 0.3) is 0 Å². The molecule has 1 heterocycles. The number of fused-ring (bicyclic) bond motifs is 1. The Hall–Kier alpha value is -1.64. The maximum absolute atomic E-state index is 12.2. The number of ether oxygens (including phenoxy) is 2. The Balaban J connectivity index is 2.36. The van der Waals surface area contributed by atoms with Crippen LogP contribution < -0.4 is 4.74 Å². The van der Waals surface area contributed by atoms with Crippen LogP contribution in [0.5, 0.6) is 5.75 Å². The SMILES string of the molecule is COC1Oc2ccc(C(C)C(=O)N(C)S(=O)(=O)O)cc2C1(C)C. The Morgan fingerprint density at radius 3 is 2.57 bits per heavy atom. The van der Waals surface area contributed by atoms with E-state index in [4.69, 9.17) is 14.0 Å². The van der Waals surface area contributed by atoms with E-state index in [-0.39, 0.29) is 0 Å². The first-order chi connectivity index (χ1) is 10.5. The van der Waals surface area contributed by atoms with E-state index < -0.39 is 33.8 Å². The molecule has 2 rings (SSSR count). The van der Waals surface area contributed by atoms with Crippen LogP contribution in [0, 0.1) is 0 Å². The van der Waals surface area contributed by atoms with Crippen LogP contribution in [0.1, 0.15) is 37.8 Å². The molecule has 0 spiro atoms. The van der Waals surface area contributed by atoms with Gasteiger partial charge in [-0.1, -0.05) is 12.1 Å². The van der Waals surface area contributed by atoms with Crippen LogP contribution in [0.15, 0.2) is 18.2 Å². The molecule has 128 valence electrons. The van der Waals surface area contributed by atoms with Crippen LogP contribution in [0.2, 0.25) is 0 Å². The number of hydrogen-bond acceptors (Lipinski definition) is 5. The lowest BCUT2D eigenvalue weighted by Crippen LogP contribution is -2.35. The fourth-order valence-electron chi connectivity index (χ4n) is 2.68. The van der Waals surface area contributed by atoms with E-state index >= 15 is 0 Å². The molecule has 1 aromatic carbocycles. The Kier molecular flexibility index (Phi) is 4.44. The monoisotopic (exact) mass is 343 g/mol. The van der Waals surface area contributed by atoms with Gasteiger partial charge in [0.15, 0.2) is 0 Å². The molecule has 0 fully saturated rings. The molecule has 0 aromatic heterocycles. The second-order valence-corrected chi connectivity index (χ2v) is 7.61. The summed E-state index contributed by atoms with van der Waals surface area (Å²) >= 11 is 0. The summed E-state index contributed by atoms with van der Waals surface area (Å²) in [6, 6.07) is 5.25. The number of benzene rings is 1. The van der Waals surface area contributed by atoms with E-state index in [0.717, 1.165) is 12.6 Å². The highest BCUT2D eigenvalue weighted by molar-refractivity contribution is 7.83. The minimum absolute atomic E-state index is 0.338. The smallest absolute Gasteiger partial charge is 0.361 e. The number of hydrogen-bond donors (Lipinski definition) is 1. The van der Waals surface area contributed by atoms with Gasteiger partial charge >= 0.3 is 10.3 Å². The quantitative estimate of drug-likeness (QED) is 0.836. The molecule has 8 heteroatoms. The number of carbonyl (C=O) groups is 1. The van der Waals surface area contributed by atoms with Crippen molar-refractivity contribution in [2.24, 2.45) is 0 Å². The lowest BCUT2D eigenvalue weighted by molar-refractivity contribution is -0.127. The summed E-state index contributed by atoms with van der Waals surface area (Å²) in [4.78, 5) is 12.2. The van der Waals surface area contributed by atoms with E-state index in [0.29, 0.717) is 15.6 Å². The molecular weight excluding hydrogens is 322 g/mol. The van der Waals surface area contributed by atoms with E-state index in [9.17, 15) is 13.2 Å². The van der Waals surface area contributed by atoms with Gasteiger partial charge in [-0.05, 0) is 32.4 Å². The predicted octanol–water partition coefficient (Wildman–Crippen LogP) is 1.69. The number of likely N-dealkylation sites (N-methyl/N-ethyl adjacent to an activating group) is 1. The third-order valence-electron chi connectivity index (χ3n) is 4.26. The molecule has 1 N–H and O–H groups in total. The van der Waals surface area contributed by atoms with Crippen LogP contribution in [-0.2, 0) is 25.3 Å².